The molecule has 0 aromatic heterocycles. The molecule has 0 saturated heterocycles. The minimum atomic E-state index is 0.526. The van der Waals surface area contributed by atoms with Crippen LogP contribution in [0.25, 0.3) is 33.4 Å². The zero-order valence-electron chi connectivity index (χ0n) is 30.4. The van der Waals surface area contributed by atoms with Crippen LogP contribution in [-0.4, -0.2) is 19.8 Å². The smallest absolute Gasteiger partial charge is 0.203 e. The maximum absolute atomic E-state index is 6.70. The highest BCUT2D eigenvalue weighted by Crippen LogP contribution is 2.42. The first kappa shape index (κ1) is 32.6. The lowest BCUT2D eigenvalue weighted by atomic mass is 9.99. The molecule has 0 bridgehead atoms. The van der Waals surface area contributed by atoms with E-state index >= 15 is 0 Å². The number of ether oxygens (including phenoxy) is 3. The Morgan fingerprint density at radius 2 is 0.648 bits per heavy atom. The third kappa shape index (κ3) is 5.94. The summed E-state index contributed by atoms with van der Waals surface area (Å²) in [6.45, 7) is 1.62. The van der Waals surface area contributed by atoms with Gasteiger partial charge >= 0.3 is 0 Å². The van der Waals surface area contributed by atoms with Gasteiger partial charge in [-0.2, -0.15) is 0 Å². The second-order valence-corrected chi connectivity index (χ2v) is 14.7. The number of benzene rings is 7. The van der Waals surface area contributed by atoms with E-state index in [1.54, 1.807) is 0 Å². The molecule has 0 N–H and O–H groups in total. The van der Waals surface area contributed by atoms with Gasteiger partial charge in [-0.3, -0.25) is 0 Å². The van der Waals surface area contributed by atoms with Crippen LogP contribution in [0.2, 0.25) is 0 Å². The molecule has 7 aromatic carbocycles. The van der Waals surface area contributed by atoms with Crippen molar-refractivity contribution in [2.45, 2.75) is 38.5 Å². The van der Waals surface area contributed by atoms with E-state index in [1.807, 2.05) is 18.2 Å². The van der Waals surface area contributed by atoms with Gasteiger partial charge in [-0.05, 0) is 115 Å². The molecule has 3 aliphatic rings. The van der Waals surface area contributed by atoms with Gasteiger partial charge < -0.3 is 14.2 Å². The van der Waals surface area contributed by atoms with E-state index in [1.165, 1.54) is 83.5 Å². The summed E-state index contributed by atoms with van der Waals surface area (Å²) in [7, 11) is 0. The highest BCUT2D eigenvalue weighted by Gasteiger charge is 2.23. The van der Waals surface area contributed by atoms with Crippen LogP contribution in [0.5, 0.6) is 17.2 Å². The molecule has 0 radical (unpaired) electrons. The van der Waals surface area contributed by atoms with Crippen LogP contribution >= 0.6 is 0 Å². The molecule has 54 heavy (non-hydrogen) atoms. The topological polar surface area (TPSA) is 27.7 Å². The monoisotopic (exact) mass is 702 g/mol. The first-order valence-electron chi connectivity index (χ1n) is 19.4. The predicted molar refractivity (Wildman–Crippen MR) is 218 cm³/mol. The van der Waals surface area contributed by atoms with Crippen LogP contribution in [0.4, 0.5) is 0 Å². The minimum Gasteiger partial charge on any atom is -0.489 e. The summed E-state index contributed by atoms with van der Waals surface area (Å²) in [4.78, 5) is 0. The second kappa shape index (κ2) is 14.1. The van der Waals surface area contributed by atoms with Crippen LogP contribution in [0, 0.1) is 0 Å². The molecule has 0 amide bonds. The van der Waals surface area contributed by atoms with Gasteiger partial charge in [-0.15, -0.1) is 0 Å². The van der Waals surface area contributed by atoms with E-state index in [2.05, 4.69) is 127 Å². The first-order chi connectivity index (χ1) is 26.8. The Morgan fingerprint density at radius 3 is 1.06 bits per heavy atom. The molecule has 10 rings (SSSR count). The van der Waals surface area contributed by atoms with E-state index in [0.29, 0.717) is 25.6 Å². The van der Waals surface area contributed by atoms with Crippen molar-refractivity contribution in [3.63, 3.8) is 0 Å². The standard InChI is InChI=1S/C51H42O3/c1-4-17-40-37(11-1)31-46-34(14-7-20-43(40)46)25-28-52-49-23-10-24-50(53-29-26-35-15-8-21-44-41-18-5-2-12-38(41)32-47(35)44)51(49)54-30-27-36-16-9-22-45-42-19-6-3-13-39(42)33-48(36)45/h1-24H,25-33H2. The normalized spacial score (nSPS) is 12.7. The van der Waals surface area contributed by atoms with E-state index < -0.39 is 0 Å². The average molecular weight is 703 g/mol. The first-order valence-corrected chi connectivity index (χ1v) is 19.4. The highest BCUT2D eigenvalue weighted by atomic mass is 16.5. The summed E-state index contributed by atoms with van der Waals surface area (Å²) in [6, 6.07) is 52.4. The van der Waals surface area contributed by atoms with Gasteiger partial charge in [0.1, 0.15) is 0 Å². The second-order valence-electron chi connectivity index (χ2n) is 14.7. The number of hydrogen-bond donors (Lipinski definition) is 0. The molecule has 0 unspecified atom stereocenters. The molecule has 3 aliphatic carbocycles. The fourth-order valence-electron chi connectivity index (χ4n) is 9.04. The Labute approximate surface area is 317 Å². The van der Waals surface area contributed by atoms with Crippen molar-refractivity contribution in [3.05, 3.63) is 196 Å². The largest absolute Gasteiger partial charge is 0.489 e. The molecule has 7 aromatic rings. The fraction of sp³-hybridized carbons (Fsp3) is 0.176. The summed E-state index contributed by atoms with van der Waals surface area (Å²) in [6.07, 6.45) is 5.37. The van der Waals surface area contributed by atoms with Crippen molar-refractivity contribution < 1.29 is 14.2 Å². The van der Waals surface area contributed by atoms with E-state index in [-0.39, 0.29) is 0 Å². The van der Waals surface area contributed by atoms with Crippen molar-refractivity contribution in [2.75, 3.05) is 19.8 Å². The third-order valence-corrected chi connectivity index (χ3v) is 11.7. The van der Waals surface area contributed by atoms with Gasteiger partial charge in [-0.1, -0.05) is 133 Å². The number of para-hydroxylation sites is 1. The molecular formula is C51H42O3. The van der Waals surface area contributed by atoms with E-state index in [0.717, 1.165) is 50.0 Å². The molecular weight excluding hydrogens is 661 g/mol. The maximum atomic E-state index is 6.70. The van der Waals surface area contributed by atoms with Crippen LogP contribution in [0.15, 0.2) is 146 Å². The van der Waals surface area contributed by atoms with Crippen LogP contribution < -0.4 is 14.2 Å². The van der Waals surface area contributed by atoms with Crippen LogP contribution in [-0.2, 0) is 38.5 Å². The summed E-state index contributed by atoms with van der Waals surface area (Å²) in [5.41, 5.74) is 20.6. The quantitative estimate of drug-likeness (QED) is 0.127. The zero-order valence-corrected chi connectivity index (χ0v) is 30.4. The van der Waals surface area contributed by atoms with Gasteiger partial charge in [0, 0.05) is 19.3 Å². The molecule has 0 spiro atoms. The van der Waals surface area contributed by atoms with Gasteiger partial charge in [0.2, 0.25) is 5.75 Å². The Balaban J connectivity index is 0.873. The van der Waals surface area contributed by atoms with E-state index in [4.69, 9.17) is 14.2 Å². The zero-order chi connectivity index (χ0) is 35.8. The minimum absolute atomic E-state index is 0.526. The molecule has 0 heterocycles. The summed E-state index contributed by atoms with van der Waals surface area (Å²) >= 11 is 0. The van der Waals surface area contributed by atoms with Crippen molar-refractivity contribution in [1.82, 2.24) is 0 Å². The number of fused-ring (bicyclic) bond motifs is 9. The number of hydrogen-bond acceptors (Lipinski definition) is 3. The SMILES string of the molecule is c1ccc2c(c1)Cc1c(CCOc3cccc(OCCc4cccc5c4Cc4ccccc4-5)c3OCCc3cccc4c3Cc3ccccc3-4)cccc1-2. The van der Waals surface area contributed by atoms with Gasteiger partial charge in [-0.25, -0.2) is 0 Å². The molecule has 0 saturated carbocycles. The molecule has 0 aliphatic heterocycles. The van der Waals surface area contributed by atoms with Gasteiger partial charge in [0.15, 0.2) is 11.5 Å². The van der Waals surface area contributed by atoms with E-state index in [9.17, 15) is 0 Å². The summed E-state index contributed by atoms with van der Waals surface area (Å²) in [5.74, 6) is 2.14. The Bertz CT molecular complexity index is 2410. The lowest BCUT2D eigenvalue weighted by Crippen LogP contribution is -2.10. The Morgan fingerprint density at radius 1 is 0.315 bits per heavy atom. The average Bonchev–Trinajstić information content (AvgIpc) is 3.91. The highest BCUT2D eigenvalue weighted by molar-refractivity contribution is 5.79. The Kier molecular flexibility index (Phi) is 8.48. The van der Waals surface area contributed by atoms with Gasteiger partial charge in [0.05, 0.1) is 19.8 Å². The Hall–Kier alpha value is -6.06. The van der Waals surface area contributed by atoms with Crippen molar-refractivity contribution in [2.24, 2.45) is 0 Å². The van der Waals surface area contributed by atoms with Crippen molar-refractivity contribution in [3.8, 4) is 50.6 Å². The molecule has 3 nitrogen and oxygen atoms in total. The lowest BCUT2D eigenvalue weighted by Gasteiger charge is -2.18. The van der Waals surface area contributed by atoms with Crippen LogP contribution in [0.1, 0.15) is 50.1 Å². The van der Waals surface area contributed by atoms with Crippen molar-refractivity contribution >= 4 is 0 Å². The fourth-order valence-corrected chi connectivity index (χ4v) is 9.04. The predicted octanol–water partition coefficient (Wildman–Crippen LogP) is 11.3. The molecule has 0 atom stereocenters. The molecule has 3 heteroatoms. The lowest BCUT2D eigenvalue weighted by molar-refractivity contribution is 0.246. The van der Waals surface area contributed by atoms with Crippen molar-refractivity contribution in [1.29, 1.82) is 0 Å². The van der Waals surface area contributed by atoms with Gasteiger partial charge in [0.25, 0.3) is 0 Å². The van der Waals surface area contributed by atoms with Crippen LogP contribution in [0.3, 0.4) is 0 Å². The maximum Gasteiger partial charge on any atom is 0.203 e. The molecule has 0 fully saturated rings. The summed E-state index contributed by atoms with van der Waals surface area (Å²) in [5, 5.41) is 0. The number of rotatable bonds is 12. The third-order valence-electron chi connectivity index (χ3n) is 11.7. The summed E-state index contributed by atoms with van der Waals surface area (Å²) < 4.78 is 19.9. The molecule has 264 valence electrons.